The van der Waals surface area contributed by atoms with Crippen molar-refractivity contribution in [3.63, 3.8) is 0 Å². The quantitative estimate of drug-likeness (QED) is 0.864. The molecule has 5 heteroatoms. The van der Waals surface area contributed by atoms with Crippen LogP contribution in [0.25, 0.3) is 0 Å². The Bertz CT molecular complexity index is 783. The second kappa shape index (κ2) is 6.77. The number of nitrogens with zero attached hydrogens (tertiary/aromatic N) is 1. The van der Waals surface area contributed by atoms with E-state index in [1.807, 2.05) is 50.2 Å². The molecule has 4 nitrogen and oxygen atoms in total. The van der Waals surface area contributed by atoms with Crippen LogP contribution in [-0.4, -0.2) is 18.4 Å². The molecule has 2 aromatic rings. The van der Waals surface area contributed by atoms with Crippen molar-refractivity contribution < 1.29 is 9.59 Å². The van der Waals surface area contributed by atoms with E-state index in [4.69, 9.17) is 0 Å². The Morgan fingerprint density at radius 3 is 2.50 bits per heavy atom. The van der Waals surface area contributed by atoms with Gasteiger partial charge in [-0.15, -0.1) is 0 Å². The number of benzene rings is 2. The number of amides is 2. The van der Waals surface area contributed by atoms with Crippen molar-refractivity contribution in [3.8, 4) is 0 Å². The summed E-state index contributed by atoms with van der Waals surface area (Å²) in [5.74, 6) is -0.476. The second-order valence-corrected chi connectivity index (χ2v) is 7.08. The first-order valence-corrected chi connectivity index (χ1v) is 8.67. The second-order valence-electron chi connectivity index (χ2n) is 6.22. The third-order valence-corrected chi connectivity index (χ3v) is 4.80. The normalized spacial score (nSPS) is 17.2. The molecule has 0 radical (unpaired) electrons. The molecule has 0 spiro atoms. The van der Waals surface area contributed by atoms with Gasteiger partial charge >= 0.3 is 0 Å². The lowest BCUT2D eigenvalue weighted by Crippen LogP contribution is -2.28. The lowest BCUT2D eigenvalue weighted by molar-refractivity contribution is -0.122. The summed E-state index contributed by atoms with van der Waals surface area (Å²) in [5.41, 5.74) is 3.79. The predicted molar refractivity (Wildman–Crippen MR) is 99.1 cm³/mol. The average Bonchev–Trinajstić information content (AvgIpc) is 2.88. The number of carbonyl (C=O) groups excluding carboxylic acids is 2. The SMILES string of the molecule is Cc1cc(C)cc(NC(=O)C2CC(=O)N(c3ccccc3Br)C2)c1. The molecule has 1 aliphatic rings. The molecule has 0 aliphatic carbocycles. The molecule has 0 bridgehead atoms. The highest BCUT2D eigenvalue weighted by molar-refractivity contribution is 9.10. The van der Waals surface area contributed by atoms with Crippen molar-refractivity contribution in [3.05, 3.63) is 58.1 Å². The fraction of sp³-hybridized carbons (Fsp3) is 0.263. The zero-order chi connectivity index (χ0) is 17.3. The zero-order valence-electron chi connectivity index (χ0n) is 13.7. The van der Waals surface area contributed by atoms with Crippen LogP contribution in [0.2, 0.25) is 0 Å². The first-order valence-electron chi connectivity index (χ1n) is 7.88. The number of hydrogen-bond acceptors (Lipinski definition) is 2. The highest BCUT2D eigenvalue weighted by Gasteiger charge is 2.35. The van der Waals surface area contributed by atoms with Crippen molar-refractivity contribution in [2.75, 3.05) is 16.8 Å². The molecule has 1 unspecified atom stereocenters. The number of anilines is 2. The van der Waals surface area contributed by atoms with E-state index in [0.29, 0.717) is 6.54 Å². The molecule has 0 aromatic heterocycles. The van der Waals surface area contributed by atoms with Crippen LogP contribution in [0.15, 0.2) is 46.9 Å². The first kappa shape index (κ1) is 16.7. The Labute approximate surface area is 150 Å². The van der Waals surface area contributed by atoms with Gasteiger partial charge in [0, 0.05) is 23.1 Å². The van der Waals surface area contributed by atoms with Crippen LogP contribution in [-0.2, 0) is 9.59 Å². The molecule has 24 heavy (non-hydrogen) atoms. The van der Waals surface area contributed by atoms with Gasteiger partial charge in [-0.3, -0.25) is 9.59 Å². The van der Waals surface area contributed by atoms with E-state index in [0.717, 1.165) is 27.0 Å². The number of rotatable bonds is 3. The highest BCUT2D eigenvalue weighted by atomic mass is 79.9. The van der Waals surface area contributed by atoms with E-state index in [1.165, 1.54) is 0 Å². The third kappa shape index (κ3) is 3.51. The molecule has 2 amide bonds. The molecule has 1 atom stereocenters. The summed E-state index contributed by atoms with van der Waals surface area (Å²) in [5, 5.41) is 2.94. The molecule has 1 heterocycles. The van der Waals surface area contributed by atoms with Gasteiger partial charge in [-0.2, -0.15) is 0 Å². The van der Waals surface area contributed by atoms with Crippen LogP contribution in [0, 0.1) is 19.8 Å². The number of carbonyl (C=O) groups is 2. The monoisotopic (exact) mass is 386 g/mol. The van der Waals surface area contributed by atoms with Gasteiger partial charge in [-0.25, -0.2) is 0 Å². The van der Waals surface area contributed by atoms with E-state index < -0.39 is 0 Å². The maximum absolute atomic E-state index is 12.5. The summed E-state index contributed by atoms with van der Waals surface area (Å²) in [7, 11) is 0. The van der Waals surface area contributed by atoms with Crippen molar-refractivity contribution in [2.45, 2.75) is 20.3 Å². The van der Waals surface area contributed by atoms with Gasteiger partial charge in [0.1, 0.15) is 0 Å². The van der Waals surface area contributed by atoms with Crippen LogP contribution in [0.5, 0.6) is 0 Å². The van der Waals surface area contributed by atoms with Crippen LogP contribution < -0.4 is 10.2 Å². The van der Waals surface area contributed by atoms with Gasteiger partial charge < -0.3 is 10.2 Å². The van der Waals surface area contributed by atoms with E-state index >= 15 is 0 Å². The number of hydrogen-bond donors (Lipinski definition) is 1. The molecular formula is C19H19BrN2O2. The largest absolute Gasteiger partial charge is 0.326 e. The van der Waals surface area contributed by atoms with Gasteiger partial charge in [0.15, 0.2) is 0 Å². The summed E-state index contributed by atoms with van der Waals surface area (Å²) in [6.07, 6.45) is 0.234. The van der Waals surface area contributed by atoms with Crippen molar-refractivity contribution >= 4 is 39.1 Å². The van der Waals surface area contributed by atoms with Gasteiger partial charge in [-0.1, -0.05) is 18.2 Å². The third-order valence-electron chi connectivity index (χ3n) is 4.13. The standard InChI is InChI=1S/C19H19BrN2O2/c1-12-7-13(2)9-15(8-12)21-19(24)14-10-18(23)22(11-14)17-6-4-3-5-16(17)20/h3-9,14H,10-11H2,1-2H3,(H,21,24). The van der Waals surface area contributed by atoms with Crippen LogP contribution >= 0.6 is 15.9 Å². The predicted octanol–water partition coefficient (Wildman–Crippen LogP) is 4.06. The Hall–Kier alpha value is -2.14. The van der Waals surface area contributed by atoms with E-state index in [9.17, 15) is 9.59 Å². The lowest BCUT2D eigenvalue weighted by Gasteiger charge is -2.18. The van der Waals surface area contributed by atoms with E-state index in [2.05, 4.69) is 27.3 Å². The molecule has 1 N–H and O–H groups in total. The van der Waals surface area contributed by atoms with Crippen molar-refractivity contribution in [1.82, 2.24) is 0 Å². The van der Waals surface area contributed by atoms with Crippen LogP contribution in [0.1, 0.15) is 17.5 Å². The van der Waals surface area contributed by atoms with Gasteiger partial charge in [0.25, 0.3) is 0 Å². The Balaban J connectivity index is 1.73. The minimum atomic E-state index is -0.342. The van der Waals surface area contributed by atoms with Gasteiger partial charge in [0.2, 0.25) is 11.8 Å². The topological polar surface area (TPSA) is 49.4 Å². The molecule has 1 fully saturated rings. The van der Waals surface area contributed by atoms with Crippen molar-refractivity contribution in [1.29, 1.82) is 0 Å². The number of aryl methyl sites for hydroxylation is 2. The number of halogens is 1. The van der Waals surface area contributed by atoms with Crippen molar-refractivity contribution in [2.24, 2.45) is 5.92 Å². The zero-order valence-corrected chi connectivity index (χ0v) is 15.3. The molecule has 1 saturated heterocycles. The van der Waals surface area contributed by atoms with E-state index in [1.54, 1.807) is 4.90 Å². The first-order chi connectivity index (χ1) is 11.4. The Kier molecular flexibility index (Phi) is 4.71. The lowest BCUT2D eigenvalue weighted by atomic mass is 10.1. The van der Waals surface area contributed by atoms with Gasteiger partial charge in [0.05, 0.1) is 11.6 Å². The molecular weight excluding hydrogens is 368 g/mol. The number of nitrogens with one attached hydrogen (secondary N) is 1. The number of para-hydroxylation sites is 1. The summed E-state index contributed by atoms with van der Waals surface area (Å²) < 4.78 is 0.855. The maximum atomic E-state index is 12.5. The summed E-state index contributed by atoms with van der Waals surface area (Å²) in [6.45, 7) is 4.39. The molecule has 124 valence electrons. The molecule has 0 saturated carbocycles. The minimum Gasteiger partial charge on any atom is -0.326 e. The fourth-order valence-electron chi connectivity index (χ4n) is 3.08. The molecule has 1 aliphatic heterocycles. The van der Waals surface area contributed by atoms with Gasteiger partial charge in [-0.05, 0) is 65.2 Å². The summed E-state index contributed by atoms with van der Waals surface area (Å²) in [6, 6.07) is 13.5. The maximum Gasteiger partial charge on any atom is 0.229 e. The van der Waals surface area contributed by atoms with Crippen LogP contribution in [0.3, 0.4) is 0 Å². The fourth-order valence-corrected chi connectivity index (χ4v) is 3.58. The Morgan fingerprint density at radius 2 is 1.83 bits per heavy atom. The summed E-state index contributed by atoms with van der Waals surface area (Å²) >= 11 is 3.47. The highest BCUT2D eigenvalue weighted by Crippen LogP contribution is 2.31. The minimum absolute atomic E-state index is 0.0255. The summed E-state index contributed by atoms with van der Waals surface area (Å²) in [4.78, 5) is 26.5. The molecule has 2 aromatic carbocycles. The molecule has 3 rings (SSSR count). The Morgan fingerprint density at radius 1 is 1.17 bits per heavy atom. The smallest absolute Gasteiger partial charge is 0.229 e. The van der Waals surface area contributed by atoms with E-state index in [-0.39, 0.29) is 24.2 Å². The average molecular weight is 387 g/mol. The van der Waals surface area contributed by atoms with Crippen LogP contribution in [0.4, 0.5) is 11.4 Å².